The lowest BCUT2D eigenvalue weighted by Crippen LogP contribution is -2.19. The Labute approximate surface area is 163 Å². The zero-order valence-corrected chi connectivity index (χ0v) is 16.5. The second kappa shape index (κ2) is 9.38. The fourth-order valence-electron chi connectivity index (χ4n) is 3.33. The van der Waals surface area contributed by atoms with Crippen LogP contribution in [0.5, 0.6) is 11.5 Å². The third kappa shape index (κ3) is 5.21. The highest BCUT2D eigenvalue weighted by molar-refractivity contribution is 5.36. The standard InChI is InChI=1S/C25H29NO/c1-4-20-14-15-25(22(5-2)16-20)19(3)26-18-21-10-9-13-24(17-21)27-23-11-7-6-8-12-23/h6-17,19,26H,4-5,18H2,1-3H3. The maximum absolute atomic E-state index is 5.94. The molecule has 140 valence electrons. The molecule has 3 rings (SSSR count). The van der Waals surface area contributed by atoms with Gasteiger partial charge < -0.3 is 10.1 Å². The molecule has 3 aromatic rings. The molecule has 1 N–H and O–H groups in total. The molecule has 0 aromatic heterocycles. The summed E-state index contributed by atoms with van der Waals surface area (Å²) in [5.74, 6) is 1.73. The number of aryl methyl sites for hydroxylation is 2. The second-order valence-corrected chi connectivity index (χ2v) is 6.91. The van der Waals surface area contributed by atoms with Gasteiger partial charge in [-0.05, 0) is 66.3 Å². The molecule has 0 amide bonds. The van der Waals surface area contributed by atoms with E-state index in [1.165, 1.54) is 22.3 Å². The van der Waals surface area contributed by atoms with Gasteiger partial charge in [-0.2, -0.15) is 0 Å². The van der Waals surface area contributed by atoms with Crippen molar-refractivity contribution in [1.82, 2.24) is 5.32 Å². The van der Waals surface area contributed by atoms with Crippen LogP contribution in [-0.4, -0.2) is 0 Å². The maximum atomic E-state index is 5.94. The van der Waals surface area contributed by atoms with Crippen molar-refractivity contribution in [1.29, 1.82) is 0 Å². The highest BCUT2D eigenvalue weighted by atomic mass is 16.5. The van der Waals surface area contributed by atoms with Crippen LogP contribution in [0.3, 0.4) is 0 Å². The van der Waals surface area contributed by atoms with E-state index in [-0.39, 0.29) is 0 Å². The van der Waals surface area contributed by atoms with Gasteiger partial charge in [-0.25, -0.2) is 0 Å². The van der Waals surface area contributed by atoms with Crippen LogP contribution in [0.25, 0.3) is 0 Å². The molecule has 0 saturated heterocycles. The van der Waals surface area contributed by atoms with Crippen LogP contribution >= 0.6 is 0 Å². The number of hydrogen-bond acceptors (Lipinski definition) is 2. The average Bonchev–Trinajstić information content (AvgIpc) is 2.72. The first kappa shape index (κ1) is 19.2. The quantitative estimate of drug-likeness (QED) is 0.499. The second-order valence-electron chi connectivity index (χ2n) is 6.91. The molecule has 0 aliphatic heterocycles. The lowest BCUT2D eigenvalue weighted by atomic mass is 9.96. The van der Waals surface area contributed by atoms with E-state index in [2.05, 4.69) is 56.4 Å². The monoisotopic (exact) mass is 359 g/mol. The van der Waals surface area contributed by atoms with Gasteiger partial charge in [0.25, 0.3) is 0 Å². The van der Waals surface area contributed by atoms with Gasteiger partial charge in [0.2, 0.25) is 0 Å². The summed E-state index contributed by atoms with van der Waals surface area (Å²) in [4.78, 5) is 0. The summed E-state index contributed by atoms with van der Waals surface area (Å²) in [5.41, 5.74) is 5.47. The zero-order valence-electron chi connectivity index (χ0n) is 16.5. The van der Waals surface area contributed by atoms with Gasteiger partial charge in [-0.1, -0.05) is 62.4 Å². The van der Waals surface area contributed by atoms with Gasteiger partial charge in [0.05, 0.1) is 0 Å². The van der Waals surface area contributed by atoms with Crippen molar-refractivity contribution in [2.75, 3.05) is 0 Å². The lowest BCUT2D eigenvalue weighted by molar-refractivity contribution is 0.481. The van der Waals surface area contributed by atoms with Gasteiger partial charge >= 0.3 is 0 Å². The van der Waals surface area contributed by atoms with Crippen molar-refractivity contribution < 1.29 is 4.74 Å². The summed E-state index contributed by atoms with van der Waals surface area (Å²) in [7, 11) is 0. The molecular weight excluding hydrogens is 330 g/mol. The number of ether oxygens (including phenoxy) is 1. The predicted molar refractivity (Wildman–Crippen MR) is 113 cm³/mol. The normalized spacial score (nSPS) is 12.0. The third-order valence-electron chi connectivity index (χ3n) is 4.95. The SMILES string of the molecule is CCc1ccc(C(C)NCc2cccc(Oc3ccccc3)c2)c(CC)c1. The van der Waals surface area contributed by atoms with Crippen LogP contribution < -0.4 is 10.1 Å². The molecule has 2 heteroatoms. The van der Waals surface area contributed by atoms with Crippen LogP contribution in [0, 0.1) is 0 Å². The summed E-state index contributed by atoms with van der Waals surface area (Å²) in [5, 5.41) is 3.66. The predicted octanol–water partition coefficient (Wildman–Crippen LogP) is 6.45. The van der Waals surface area contributed by atoms with Crippen LogP contribution in [0.4, 0.5) is 0 Å². The number of benzene rings is 3. The summed E-state index contributed by atoms with van der Waals surface area (Å²) in [6, 6.07) is 25.4. The molecule has 0 aliphatic carbocycles. The Bertz CT molecular complexity index is 857. The number of rotatable bonds is 8. The van der Waals surface area contributed by atoms with Crippen LogP contribution in [0.2, 0.25) is 0 Å². The molecule has 0 radical (unpaired) electrons. The van der Waals surface area contributed by atoms with E-state index >= 15 is 0 Å². The molecule has 1 unspecified atom stereocenters. The third-order valence-corrected chi connectivity index (χ3v) is 4.95. The van der Waals surface area contributed by atoms with E-state index in [9.17, 15) is 0 Å². The van der Waals surface area contributed by atoms with Crippen LogP contribution in [0.1, 0.15) is 49.1 Å². The average molecular weight is 360 g/mol. The number of para-hydroxylation sites is 1. The molecule has 0 fully saturated rings. The van der Waals surface area contributed by atoms with Gasteiger partial charge in [0.15, 0.2) is 0 Å². The highest BCUT2D eigenvalue weighted by Gasteiger charge is 2.10. The molecule has 1 atom stereocenters. The van der Waals surface area contributed by atoms with Gasteiger partial charge in [-0.3, -0.25) is 0 Å². The fourth-order valence-corrected chi connectivity index (χ4v) is 3.33. The first-order valence-electron chi connectivity index (χ1n) is 9.86. The van der Waals surface area contributed by atoms with Crippen LogP contribution in [0.15, 0.2) is 72.8 Å². The smallest absolute Gasteiger partial charge is 0.127 e. The molecule has 0 heterocycles. The Kier molecular flexibility index (Phi) is 6.67. The van der Waals surface area contributed by atoms with Crippen molar-refractivity contribution in [2.45, 2.75) is 46.2 Å². The Morgan fingerprint density at radius 1 is 0.778 bits per heavy atom. The van der Waals surface area contributed by atoms with Crippen molar-refractivity contribution in [3.8, 4) is 11.5 Å². The van der Waals surface area contributed by atoms with E-state index in [1.54, 1.807) is 0 Å². The summed E-state index contributed by atoms with van der Waals surface area (Å²) >= 11 is 0. The maximum Gasteiger partial charge on any atom is 0.127 e. The Hall–Kier alpha value is -2.58. The van der Waals surface area contributed by atoms with Gasteiger partial charge in [-0.15, -0.1) is 0 Å². The van der Waals surface area contributed by atoms with E-state index in [0.717, 1.165) is 30.9 Å². The van der Waals surface area contributed by atoms with E-state index in [4.69, 9.17) is 4.74 Å². The van der Waals surface area contributed by atoms with Crippen molar-refractivity contribution in [2.24, 2.45) is 0 Å². The summed E-state index contributed by atoms with van der Waals surface area (Å²) in [6.07, 6.45) is 2.15. The number of hydrogen-bond donors (Lipinski definition) is 1. The molecular formula is C25H29NO. The fraction of sp³-hybridized carbons (Fsp3) is 0.280. The molecule has 0 bridgehead atoms. The van der Waals surface area contributed by atoms with Crippen LogP contribution in [-0.2, 0) is 19.4 Å². The van der Waals surface area contributed by atoms with Gasteiger partial charge in [0, 0.05) is 12.6 Å². The van der Waals surface area contributed by atoms with Gasteiger partial charge in [0.1, 0.15) is 11.5 Å². The van der Waals surface area contributed by atoms with Crippen molar-refractivity contribution in [3.63, 3.8) is 0 Å². The Morgan fingerprint density at radius 2 is 1.56 bits per heavy atom. The summed E-state index contributed by atoms with van der Waals surface area (Å²) in [6.45, 7) is 7.49. The molecule has 3 aromatic carbocycles. The molecule has 2 nitrogen and oxygen atoms in total. The largest absolute Gasteiger partial charge is 0.457 e. The number of nitrogens with one attached hydrogen (secondary N) is 1. The first-order valence-corrected chi connectivity index (χ1v) is 9.86. The minimum Gasteiger partial charge on any atom is -0.457 e. The molecule has 27 heavy (non-hydrogen) atoms. The van der Waals surface area contributed by atoms with Crippen molar-refractivity contribution >= 4 is 0 Å². The first-order chi connectivity index (χ1) is 13.2. The minimum absolute atomic E-state index is 0.310. The Morgan fingerprint density at radius 3 is 2.30 bits per heavy atom. The minimum atomic E-state index is 0.310. The van der Waals surface area contributed by atoms with E-state index in [0.29, 0.717) is 6.04 Å². The molecule has 0 aliphatic rings. The van der Waals surface area contributed by atoms with Crippen molar-refractivity contribution in [3.05, 3.63) is 95.1 Å². The molecule has 0 spiro atoms. The lowest BCUT2D eigenvalue weighted by Gasteiger charge is -2.19. The topological polar surface area (TPSA) is 21.3 Å². The molecule has 0 saturated carbocycles. The Balaban J connectivity index is 1.65. The van der Waals surface area contributed by atoms with E-state index in [1.807, 2.05) is 42.5 Å². The zero-order chi connectivity index (χ0) is 19.1. The van der Waals surface area contributed by atoms with E-state index < -0.39 is 0 Å². The summed E-state index contributed by atoms with van der Waals surface area (Å²) < 4.78 is 5.94. The highest BCUT2D eigenvalue weighted by Crippen LogP contribution is 2.23.